The fourth-order valence-corrected chi connectivity index (χ4v) is 1.93. The summed E-state index contributed by atoms with van der Waals surface area (Å²) < 4.78 is 10.2. The zero-order valence-corrected chi connectivity index (χ0v) is 9.64. The molecule has 0 aliphatic carbocycles. The van der Waals surface area contributed by atoms with Crippen LogP contribution in [0.4, 0.5) is 0 Å². The predicted octanol–water partition coefficient (Wildman–Crippen LogP) is 2.02. The zero-order valence-electron chi connectivity index (χ0n) is 8.82. The number of nitrogens with one attached hydrogen (secondary N) is 1. The highest BCUT2D eigenvalue weighted by molar-refractivity contribution is 7.07. The minimum Gasteiger partial charge on any atom is -0.355 e. The average Bonchev–Trinajstić information content (AvgIpc) is 2.72. The molecule has 1 rings (SSSR count). The highest BCUT2D eigenvalue weighted by Crippen LogP contribution is 2.15. The summed E-state index contributed by atoms with van der Waals surface area (Å²) in [5.74, 6) is 0. The molecule has 0 spiro atoms. The second kappa shape index (κ2) is 6.14. The lowest BCUT2D eigenvalue weighted by molar-refractivity contribution is -0.0997. The molecule has 0 saturated carbocycles. The third-order valence-electron chi connectivity index (χ3n) is 2.16. The van der Waals surface area contributed by atoms with E-state index in [1.54, 1.807) is 25.6 Å². The number of hydrogen-bond donors (Lipinski definition) is 1. The molecule has 0 fully saturated rings. The summed E-state index contributed by atoms with van der Waals surface area (Å²) in [4.78, 5) is 0. The SMILES string of the molecule is COC(CNC(C)c1ccsc1)OC. The molecule has 80 valence electrons. The van der Waals surface area contributed by atoms with Gasteiger partial charge < -0.3 is 14.8 Å². The smallest absolute Gasteiger partial charge is 0.169 e. The van der Waals surface area contributed by atoms with Crippen molar-refractivity contribution in [3.05, 3.63) is 22.4 Å². The van der Waals surface area contributed by atoms with Gasteiger partial charge in [0.05, 0.1) is 0 Å². The molecule has 0 saturated heterocycles. The van der Waals surface area contributed by atoms with Gasteiger partial charge in [-0.05, 0) is 29.3 Å². The number of rotatable bonds is 6. The second-order valence-electron chi connectivity index (χ2n) is 3.09. The molecule has 0 aliphatic rings. The van der Waals surface area contributed by atoms with E-state index < -0.39 is 0 Å². The molecule has 0 aromatic carbocycles. The fourth-order valence-electron chi connectivity index (χ4n) is 1.18. The van der Waals surface area contributed by atoms with Crippen molar-refractivity contribution in [2.75, 3.05) is 20.8 Å². The van der Waals surface area contributed by atoms with Crippen molar-refractivity contribution in [2.45, 2.75) is 19.3 Å². The van der Waals surface area contributed by atoms with Crippen LogP contribution in [0.1, 0.15) is 18.5 Å². The molecule has 1 heterocycles. The van der Waals surface area contributed by atoms with Crippen LogP contribution in [0.15, 0.2) is 16.8 Å². The Morgan fingerprint density at radius 2 is 2.14 bits per heavy atom. The lowest BCUT2D eigenvalue weighted by Crippen LogP contribution is -2.31. The van der Waals surface area contributed by atoms with Gasteiger partial charge in [-0.2, -0.15) is 11.3 Å². The molecule has 1 atom stereocenters. The molecule has 0 amide bonds. The molecule has 0 aliphatic heterocycles. The summed E-state index contributed by atoms with van der Waals surface area (Å²) in [6.07, 6.45) is -0.170. The molecule has 3 nitrogen and oxygen atoms in total. The zero-order chi connectivity index (χ0) is 10.4. The Morgan fingerprint density at radius 3 is 2.64 bits per heavy atom. The normalized spacial score (nSPS) is 13.4. The van der Waals surface area contributed by atoms with Crippen molar-refractivity contribution in [3.63, 3.8) is 0 Å². The first-order valence-electron chi connectivity index (χ1n) is 4.59. The van der Waals surface area contributed by atoms with E-state index in [0.29, 0.717) is 12.6 Å². The quantitative estimate of drug-likeness (QED) is 0.736. The van der Waals surface area contributed by atoms with E-state index in [2.05, 4.69) is 29.1 Å². The van der Waals surface area contributed by atoms with Crippen LogP contribution in [0, 0.1) is 0 Å². The monoisotopic (exact) mass is 215 g/mol. The maximum atomic E-state index is 5.09. The Balaban J connectivity index is 2.31. The summed E-state index contributed by atoms with van der Waals surface area (Å²) in [6.45, 7) is 2.83. The van der Waals surface area contributed by atoms with Crippen molar-refractivity contribution in [1.29, 1.82) is 0 Å². The van der Waals surface area contributed by atoms with Crippen LogP contribution in [0.5, 0.6) is 0 Å². The van der Waals surface area contributed by atoms with Gasteiger partial charge in [0, 0.05) is 26.8 Å². The number of thiophene rings is 1. The number of methoxy groups -OCH3 is 2. The van der Waals surface area contributed by atoms with Crippen molar-refractivity contribution in [1.82, 2.24) is 5.32 Å². The summed E-state index contributed by atoms with van der Waals surface area (Å²) in [5.41, 5.74) is 1.31. The summed E-state index contributed by atoms with van der Waals surface area (Å²) in [5, 5.41) is 7.57. The Hall–Kier alpha value is -0.420. The Kier molecular flexibility index (Phi) is 5.11. The average molecular weight is 215 g/mol. The minimum absolute atomic E-state index is 0.170. The maximum absolute atomic E-state index is 5.09. The molecular formula is C10H17NO2S. The van der Waals surface area contributed by atoms with Gasteiger partial charge in [-0.1, -0.05) is 0 Å². The van der Waals surface area contributed by atoms with Gasteiger partial charge in [-0.3, -0.25) is 0 Å². The van der Waals surface area contributed by atoms with Gasteiger partial charge in [0.1, 0.15) is 0 Å². The van der Waals surface area contributed by atoms with E-state index in [-0.39, 0.29) is 6.29 Å². The molecule has 4 heteroatoms. The van der Waals surface area contributed by atoms with E-state index in [1.807, 2.05) is 0 Å². The van der Waals surface area contributed by atoms with Gasteiger partial charge in [-0.15, -0.1) is 0 Å². The van der Waals surface area contributed by atoms with Crippen LogP contribution in [0.3, 0.4) is 0 Å². The Labute approximate surface area is 89.0 Å². The Bertz CT molecular complexity index is 234. The highest BCUT2D eigenvalue weighted by Gasteiger charge is 2.09. The largest absolute Gasteiger partial charge is 0.355 e. The molecule has 0 radical (unpaired) electrons. The molecule has 1 aromatic heterocycles. The van der Waals surface area contributed by atoms with E-state index >= 15 is 0 Å². The second-order valence-corrected chi connectivity index (χ2v) is 3.87. The van der Waals surface area contributed by atoms with Crippen LogP contribution in [-0.4, -0.2) is 27.1 Å². The lowest BCUT2D eigenvalue weighted by atomic mass is 10.2. The molecule has 1 unspecified atom stereocenters. The summed E-state index contributed by atoms with van der Waals surface area (Å²) in [6, 6.07) is 2.46. The highest BCUT2D eigenvalue weighted by atomic mass is 32.1. The van der Waals surface area contributed by atoms with Crippen LogP contribution < -0.4 is 5.32 Å². The van der Waals surface area contributed by atoms with E-state index in [9.17, 15) is 0 Å². The minimum atomic E-state index is -0.170. The third-order valence-corrected chi connectivity index (χ3v) is 2.86. The van der Waals surface area contributed by atoms with Gasteiger partial charge in [0.25, 0.3) is 0 Å². The maximum Gasteiger partial charge on any atom is 0.169 e. The molecule has 1 N–H and O–H groups in total. The predicted molar refractivity (Wildman–Crippen MR) is 58.5 cm³/mol. The first-order valence-corrected chi connectivity index (χ1v) is 5.53. The summed E-state index contributed by atoms with van der Waals surface area (Å²) >= 11 is 1.71. The first-order chi connectivity index (χ1) is 6.77. The topological polar surface area (TPSA) is 30.5 Å². The van der Waals surface area contributed by atoms with Crippen molar-refractivity contribution >= 4 is 11.3 Å². The Morgan fingerprint density at radius 1 is 1.43 bits per heavy atom. The van der Waals surface area contributed by atoms with E-state index in [4.69, 9.17) is 9.47 Å². The molecule has 1 aromatic rings. The first kappa shape index (κ1) is 11.7. The van der Waals surface area contributed by atoms with Crippen molar-refractivity contribution in [2.24, 2.45) is 0 Å². The third kappa shape index (κ3) is 3.38. The van der Waals surface area contributed by atoms with Gasteiger partial charge in [0.15, 0.2) is 6.29 Å². The number of hydrogen-bond acceptors (Lipinski definition) is 4. The van der Waals surface area contributed by atoms with Crippen LogP contribution in [0.25, 0.3) is 0 Å². The van der Waals surface area contributed by atoms with Gasteiger partial charge >= 0.3 is 0 Å². The fraction of sp³-hybridized carbons (Fsp3) is 0.600. The molecule has 0 bridgehead atoms. The van der Waals surface area contributed by atoms with Gasteiger partial charge in [-0.25, -0.2) is 0 Å². The van der Waals surface area contributed by atoms with Crippen molar-refractivity contribution < 1.29 is 9.47 Å². The van der Waals surface area contributed by atoms with E-state index in [1.165, 1.54) is 5.56 Å². The van der Waals surface area contributed by atoms with E-state index in [0.717, 1.165) is 0 Å². The van der Waals surface area contributed by atoms with Crippen LogP contribution in [0.2, 0.25) is 0 Å². The standard InChI is InChI=1S/C10H17NO2S/c1-8(9-4-5-14-7-9)11-6-10(12-2)13-3/h4-5,7-8,10-11H,6H2,1-3H3. The summed E-state index contributed by atoms with van der Waals surface area (Å²) in [7, 11) is 3.29. The molecule has 14 heavy (non-hydrogen) atoms. The van der Waals surface area contributed by atoms with Gasteiger partial charge in [0.2, 0.25) is 0 Å². The van der Waals surface area contributed by atoms with Crippen LogP contribution in [-0.2, 0) is 9.47 Å². The van der Waals surface area contributed by atoms with Crippen LogP contribution >= 0.6 is 11.3 Å². The van der Waals surface area contributed by atoms with Crippen molar-refractivity contribution in [3.8, 4) is 0 Å². The lowest BCUT2D eigenvalue weighted by Gasteiger charge is -2.17. The number of ether oxygens (including phenoxy) is 2. The molecular weight excluding hydrogens is 198 g/mol.